The highest BCUT2D eigenvalue weighted by atomic mass is 35.5. The zero-order valence-corrected chi connectivity index (χ0v) is 16.0. The number of nitrogens with zero attached hydrogens (tertiary/aromatic N) is 2. The summed E-state index contributed by atoms with van der Waals surface area (Å²) in [6, 6.07) is 12.0. The predicted octanol–water partition coefficient (Wildman–Crippen LogP) is 3.16. The summed E-state index contributed by atoms with van der Waals surface area (Å²) < 4.78 is 21.3. The number of likely N-dealkylation sites (tertiary alicyclic amines) is 1. The second-order valence-electron chi connectivity index (χ2n) is 6.88. The lowest BCUT2D eigenvalue weighted by Crippen LogP contribution is -2.37. The minimum absolute atomic E-state index is 0.200. The van der Waals surface area contributed by atoms with Gasteiger partial charge in [-0.25, -0.2) is 4.98 Å². The second kappa shape index (κ2) is 8.15. The SMILES string of the molecule is [O-][S+](N[C@@H]1CCN(Cc2ccc(OC3CC3)cc2)C1)c1ccc(Cl)cn1. The maximum atomic E-state index is 12.4. The summed E-state index contributed by atoms with van der Waals surface area (Å²) in [4.78, 5) is 6.50. The summed E-state index contributed by atoms with van der Waals surface area (Å²) in [6.07, 6.45) is 5.28. The van der Waals surface area contributed by atoms with Gasteiger partial charge in [-0.3, -0.25) is 4.90 Å². The van der Waals surface area contributed by atoms with Crippen molar-refractivity contribution < 1.29 is 9.29 Å². The van der Waals surface area contributed by atoms with Crippen molar-refractivity contribution in [3.63, 3.8) is 0 Å². The number of ether oxygens (including phenoxy) is 1. The largest absolute Gasteiger partial charge is 0.592 e. The van der Waals surface area contributed by atoms with Gasteiger partial charge in [0.05, 0.1) is 34.7 Å². The van der Waals surface area contributed by atoms with Crippen LogP contribution < -0.4 is 9.46 Å². The highest BCUT2D eigenvalue weighted by Crippen LogP contribution is 2.27. The zero-order valence-electron chi connectivity index (χ0n) is 14.4. The first kappa shape index (κ1) is 18.1. The summed E-state index contributed by atoms with van der Waals surface area (Å²) >= 11 is 4.51. The number of pyridine rings is 1. The molecule has 2 heterocycles. The smallest absolute Gasteiger partial charge is 0.265 e. The summed E-state index contributed by atoms with van der Waals surface area (Å²) in [7, 11) is 0. The fourth-order valence-corrected chi connectivity index (χ4v) is 4.13. The Morgan fingerprint density at radius 2 is 2.00 bits per heavy atom. The maximum absolute atomic E-state index is 12.4. The normalized spacial score (nSPS) is 21.7. The van der Waals surface area contributed by atoms with Gasteiger partial charge in [-0.2, -0.15) is 0 Å². The van der Waals surface area contributed by atoms with Gasteiger partial charge in [-0.15, -0.1) is 4.72 Å². The summed E-state index contributed by atoms with van der Waals surface area (Å²) in [5.41, 5.74) is 1.27. The average Bonchev–Trinajstić information content (AvgIpc) is 3.35. The second-order valence-corrected chi connectivity index (χ2v) is 8.51. The molecule has 1 aliphatic heterocycles. The van der Waals surface area contributed by atoms with Crippen LogP contribution in [0.3, 0.4) is 0 Å². The predicted molar refractivity (Wildman–Crippen MR) is 103 cm³/mol. The van der Waals surface area contributed by atoms with E-state index in [0.29, 0.717) is 16.2 Å². The van der Waals surface area contributed by atoms with Crippen molar-refractivity contribution in [3.8, 4) is 5.75 Å². The van der Waals surface area contributed by atoms with Gasteiger partial charge in [-0.05, 0) is 43.0 Å². The van der Waals surface area contributed by atoms with Crippen LogP contribution in [0.25, 0.3) is 0 Å². The standard InChI is InChI=1S/C19H22ClN3O2S/c20-15-3-8-19(21-11-15)26(24)22-16-9-10-23(13-16)12-14-1-4-17(5-2-14)25-18-6-7-18/h1-5,8,11,16,18,22H,6-7,9-10,12-13H2/t16-,26?/m1/s1. The fourth-order valence-electron chi connectivity index (χ4n) is 3.07. The van der Waals surface area contributed by atoms with Crippen LogP contribution in [-0.2, 0) is 17.9 Å². The van der Waals surface area contributed by atoms with Gasteiger partial charge in [0.15, 0.2) is 0 Å². The van der Waals surface area contributed by atoms with E-state index in [1.165, 1.54) is 24.6 Å². The first-order chi connectivity index (χ1) is 12.7. The number of nitrogens with one attached hydrogen (secondary N) is 1. The van der Waals surface area contributed by atoms with Crippen LogP contribution in [-0.4, -0.2) is 39.7 Å². The van der Waals surface area contributed by atoms with Gasteiger partial charge in [0.1, 0.15) is 5.75 Å². The molecule has 7 heteroatoms. The van der Waals surface area contributed by atoms with Gasteiger partial charge >= 0.3 is 0 Å². The Morgan fingerprint density at radius 1 is 1.19 bits per heavy atom. The molecular weight excluding hydrogens is 370 g/mol. The molecule has 2 aliphatic rings. The lowest BCUT2D eigenvalue weighted by molar-refractivity contribution is 0.302. The maximum Gasteiger partial charge on any atom is 0.265 e. The number of hydrogen-bond acceptors (Lipinski definition) is 5. The van der Waals surface area contributed by atoms with Crippen LogP contribution in [0.2, 0.25) is 5.02 Å². The third-order valence-electron chi connectivity index (χ3n) is 4.59. The Bertz CT molecular complexity index is 725. The highest BCUT2D eigenvalue weighted by molar-refractivity contribution is 7.89. The molecule has 1 saturated heterocycles. The van der Waals surface area contributed by atoms with E-state index < -0.39 is 11.4 Å². The third-order valence-corrected chi connectivity index (χ3v) is 5.99. The minimum Gasteiger partial charge on any atom is -0.592 e. The molecule has 26 heavy (non-hydrogen) atoms. The van der Waals surface area contributed by atoms with Gasteiger partial charge in [0, 0.05) is 25.7 Å². The van der Waals surface area contributed by atoms with Crippen molar-refractivity contribution in [1.29, 1.82) is 0 Å². The number of hydrogen-bond donors (Lipinski definition) is 1. The molecule has 2 atom stereocenters. The van der Waals surface area contributed by atoms with Crippen molar-refractivity contribution in [2.24, 2.45) is 0 Å². The van der Waals surface area contributed by atoms with Crippen LogP contribution >= 0.6 is 11.6 Å². The van der Waals surface area contributed by atoms with Crippen LogP contribution in [0.5, 0.6) is 5.75 Å². The molecular formula is C19H22ClN3O2S. The lowest BCUT2D eigenvalue weighted by Gasteiger charge is -2.17. The van der Waals surface area contributed by atoms with E-state index in [4.69, 9.17) is 16.3 Å². The molecule has 2 aromatic rings. The molecule has 0 radical (unpaired) electrons. The Hall–Kier alpha value is -1.31. The molecule has 1 saturated carbocycles. The highest BCUT2D eigenvalue weighted by Gasteiger charge is 2.27. The summed E-state index contributed by atoms with van der Waals surface area (Å²) in [5, 5.41) is 1.06. The Balaban J connectivity index is 1.26. The molecule has 0 spiro atoms. The van der Waals surface area contributed by atoms with Crippen molar-refractivity contribution in [3.05, 3.63) is 53.2 Å². The summed E-state index contributed by atoms with van der Waals surface area (Å²) in [6.45, 7) is 2.76. The number of halogens is 1. The molecule has 1 N–H and O–H groups in total. The molecule has 138 valence electrons. The molecule has 1 unspecified atom stereocenters. The summed E-state index contributed by atoms with van der Waals surface area (Å²) in [5.74, 6) is 0.961. The Kier molecular flexibility index (Phi) is 5.66. The molecule has 5 nitrogen and oxygen atoms in total. The van der Waals surface area contributed by atoms with E-state index in [1.54, 1.807) is 12.1 Å². The average molecular weight is 392 g/mol. The first-order valence-electron chi connectivity index (χ1n) is 8.93. The van der Waals surface area contributed by atoms with Gasteiger partial charge < -0.3 is 9.29 Å². The van der Waals surface area contributed by atoms with Crippen molar-refractivity contribution in [2.75, 3.05) is 13.1 Å². The van der Waals surface area contributed by atoms with E-state index in [1.807, 2.05) is 0 Å². The van der Waals surface area contributed by atoms with Crippen LogP contribution in [0.1, 0.15) is 24.8 Å². The lowest BCUT2D eigenvalue weighted by atomic mass is 10.2. The molecule has 1 aromatic carbocycles. The molecule has 4 rings (SSSR count). The Labute approximate surface area is 162 Å². The Morgan fingerprint density at radius 3 is 2.69 bits per heavy atom. The van der Waals surface area contributed by atoms with E-state index in [2.05, 4.69) is 38.9 Å². The molecule has 1 aliphatic carbocycles. The molecule has 0 bridgehead atoms. The van der Waals surface area contributed by atoms with E-state index >= 15 is 0 Å². The van der Waals surface area contributed by atoms with E-state index in [0.717, 1.165) is 31.8 Å². The van der Waals surface area contributed by atoms with Gasteiger partial charge in [-0.1, -0.05) is 23.7 Å². The fraction of sp³-hybridized carbons (Fsp3) is 0.421. The van der Waals surface area contributed by atoms with Crippen molar-refractivity contribution in [1.82, 2.24) is 14.6 Å². The topological polar surface area (TPSA) is 60.5 Å². The van der Waals surface area contributed by atoms with E-state index in [-0.39, 0.29) is 6.04 Å². The number of rotatable bonds is 7. The molecule has 2 fully saturated rings. The molecule has 0 amide bonds. The number of aromatic nitrogens is 1. The molecule has 1 aromatic heterocycles. The first-order valence-corrected chi connectivity index (χ1v) is 10.5. The van der Waals surface area contributed by atoms with Crippen molar-refractivity contribution >= 4 is 23.0 Å². The van der Waals surface area contributed by atoms with Gasteiger partial charge in [0.2, 0.25) is 0 Å². The quantitative estimate of drug-likeness (QED) is 0.734. The third kappa shape index (κ3) is 4.90. The minimum atomic E-state index is -1.31. The van der Waals surface area contributed by atoms with Crippen molar-refractivity contribution in [2.45, 2.75) is 43.0 Å². The van der Waals surface area contributed by atoms with E-state index in [9.17, 15) is 4.55 Å². The van der Waals surface area contributed by atoms with Crippen LogP contribution in [0.15, 0.2) is 47.6 Å². The zero-order chi connectivity index (χ0) is 17.9. The van der Waals surface area contributed by atoms with Crippen LogP contribution in [0.4, 0.5) is 0 Å². The van der Waals surface area contributed by atoms with Crippen LogP contribution in [0, 0.1) is 0 Å². The number of benzene rings is 1. The van der Waals surface area contributed by atoms with Gasteiger partial charge in [0.25, 0.3) is 5.03 Å². The monoisotopic (exact) mass is 391 g/mol.